The van der Waals surface area contributed by atoms with E-state index in [2.05, 4.69) is 0 Å². The second-order valence-corrected chi connectivity index (χ2v) is 11.6. The summed E-state index contributed by atoms with van der Waals surface area (Å²) in [6.07, 6.45) is 0. The smallest absolute Gasteiger partial charge is 0.164 e. The highest BCUT2D eigenvalue weighted by molar-refractivity contribution is 6.13. The van der Waals surface area contributed by atoms with Crippen LogP contribution in [0.5, 0.6) is 0 Å². The van der Waals surface area contributed by atoms with Gasteiger partial charge in [-0.15, -0.1) is 0 Å². The fraction of sp³-hybridized carbons (Fsp3) is 0. The Morgan fingerprint density at radius 1 is 0.426 bits per heavy atom. The number of nitrogens with zero attached hydrogens (tertiary/aromatic N) is 4. The Hall–Kier alpha value is -7.37. The van der Waals surface area contributed by atoms with Crippen molar-refractivity contribution in [2.75, 3.05) is 4.90 Å². The number of rotatable bonds is 7. The number of anilines is 3. The molecule has 0 fully saturated rings. The molecule has 2 heterocycles. The molecule has 0 N–H and O–H groups in total. The van der Waals surface area contributed by atoms with E-state index in [4.69, 9.17) is 38.6 Å². The summed E-state index contributed by atoms with van der Waals surface area (Å²) < 4.78 is 204. The third kappa shape index (κ3) is 5.74. The van der Waals surface area contributed by atoms with E-state index >= 15 is 0 Å². The molecular weight excluding hydrogens is 661 g/mol. The van der Waals surface area contributed by atoms with Gasteiger partial charge in [-0.05, 0) is 76.3 Å². The molecule has 8 aromatic carbocycles. The lowest BCUT2D eigenvalue weighted by Crippen LogP contribution is -2.09. The van der Waals surface area contributed by atoms with Crippen LogP contribution < -0.4 is 4.90 Å². The lowest BCUT2D eigenvalue weighted by atomic mass is 9.97. The molecule has 0 aliphatic heterocycles. The highest BCUT2D eigenvalue weighted by Gasteiger charge is 2.20. The van der Waals surface area contributed by atoms with Crippen molar-refractivity contribution in [1.82, 2.24) is 15.0 Å². The van der Waals surface area contributed by atoms with Crippen molar-refractivity contribution in [2.24, 2.45) is 0 Å². The first-order valence-corrected chi connectivity index (χ1v) is 16.2. The molecule has 5 nitrogen and oxygen atoms in total. The quantitative estimate of drug-likeness (QED) is 0.164. The molecule has 10 rings (SSSR count). The van der Waals surface area contributed by atoms with Gasteiger partial charge in [0, 0.05) is 44.5 Å². The van der Waals surface area contributed by atoms with Crippen LogP contribution in [0.25, 0.3) is 78.0 Å². The molecule has 0 saturated heterocycles. The fourth-order valence-electron chi connectivity index (χ4n) is 5.81. The van der Waals surface area contributed by atoms with E-state index < -0.39 is 183 Å². The number of hydrogen-bond donors (Lipinski definition) is 0. The number of aromatic nitrogens is 3. The predicted octanol–water partition coefficient (Wildman–Crippen LogP) is 13.1. The van der Waals surface area contributed by atoms with Crippen LogP contribution >= 0.6 is 0 Å². The Kier molecular flexibility index (Phi) is 3.97. The zero-order valence-corrected chi connectivity index (χ0v) is 27.5. The van der Waals surface area contributed by atoms with Gasteiger partial charge in [-0.3, -0.25) is 0 Å². The number of benzene rings is 8. The van der Waals surface area contributed by atoms with Crippen LogP contribution in [0.15, 0.2) is 198 Å². The molecule has 0 bridgehead atoms. The normalized spacial score (nSPS) is 17.0. The molecule has 0 spiro atoms. The van der Waals surface area contributed by atoms with Gasteiger partial charge in [0.05, 0.1) is 30.2 Å². The van der Waals surface area contributed by atoms with Crippen molar-refractivity contribution in [3.63, 3.8) is 0 Å². The van der Waals surface area contributed by atoms with Crippen LogP contribution in [-0.2, 0) is 0 Å². The van der Waals surface area contributed by atoms with Crippen molar-refractivity contribution in [2.45, 2.75) is 0 Å². The minimum absolute atomic E-state index is 0.0622. The summed E-state index contributed by atoms with van der Waals surface area (Å²) in [7, 11) is 0. The topological polar surface area (TPSA) is 55.1 Å². The minimum Gasteiger partial charge on any atom is -0.456 e. The third-order valence-electron chi connectivity index (χ3n) is 8.25. The molecule has 54 heavy (non-hydrogen) atoms. The summed E-state index contributed by atoms with van der Waals surface area (Å²) >= 11 is 0. The average Bonchev–Trinajstić information content (AvgIpc) is 4.03. The van der Waals surface area contributed by atoms with Gasteiger partial charge in [0.25, 0.3) is 0 Å². The molecule has 0 unspecified atom stereocenters. The van der Waals surface area contributed by atoms with Crippen molar-refractivity contribution in [3.05, 3.63) is 194 Å². The van der Waals surface area contributed by atoms with Crippen LogP contribution in [0.3, 0.4) is 0 Å². The van der Waals surface area contributed by atoms with E-state index in [1.807, 2.05) is 0 Å². The summed E-state index contributed by atoms with van der Waals surface area (Å²) in [4.78, 5) is 14.7. The molecule has 0 atom stereocenters. The van der Waals surface area contributed by atoms with E-state index in [-0.39, 0.29) is 33.8 Å². The van der Waals surface area contributed by atoms with E-state index in [1.54, 1.807) is 60.7 Å². The van der Waals surface area contributed by atoms with Crippen LogP contribution in [0.2, 0.25) is 0 Å². The zero-order valence-electron chi connectivity index (χ0n) is 49.5. The molecule has 5 heteroatoms. The maximum atomic E-state index is 10.0. The van der Waals surface area contributed by atoms with Gasteiger partial charge in [-0.2, -0.15) is 0 Å². The van der Waals surface area contributed by atoms with Gasteiger partial charge in [-0.1, -0.05) is 139 Å². The highest BCUT2D eigenvalue weighted by Crippen LogP contribution is 2.41. The summed E-state index contributed by atoms with van der Waals surface area (Å²) in [6, 6.07) is -2.85. The molecule has 2 aromatic heterocycles. The van der Waals surface area contributed by atoms with Gasteiger partial charge < -0.3 is 9.32 Å². The first-order valence-electron chi connectivity index (χ1n) is 27.2. The van der Waals surface area contributed by atoms with Crippen molar-refractivity contribution in [3.8, 4) is 45.3 Å². The van der Waals surface area contributed by atoms with E-state index in [0.29, 0.717) is 16.0 Å². The zero-order chi connectivity index (χ0) is 55.0. The highest BCUT2D eigenvalue weighted by atomic mass is 16.3. The Labute approximate surface area is 343 Å². The SMILES string of the molecule is [2H]c1c([2H])c([2H])c(N(c2c([2H])c([2H])c(-c3c([2H])c(-c4nc(-c5ccccc5)nc(-c5ccccc5)n4)c4c(oc5c([2H])c([2H])c([2H])c([2H])c54)c3[2H])c([2H])c2[2H])c2c([2H])c([2H])c3c([2H])c([2H])c([2H])c([2H])c3c2[2H])c([2H])c1[2H]. The van der Waals surface area contributed by atoms with Crippen LogP contribution in [0.1, 0.15) is 30.2 Å². The maximum Gasteiger partial charge on any atom is 0.164 e. The first-order chi connectivity index (χ1) is 35.9. The summed E-state index contributed by atoms with van der Waals surface area (Å²) in [5.74, 6) is -0.191. The molecular formula is C49H32N4O. The predicted molar refractivity (Wildman–Crippen MR) is 221 cm³/mol. The van der Waals surface area contributed by atoms with Crippen LogP contribution in [0.4, 0.5) is 17.1 Å². The van der Waals surface area contributed by atoms with Crippen molar-refractivity contribution < 1.29 is 34.6 Å². The Balaban J connectivity index is 1.36. The monoisotopic (exact) mass is 714 g/mol. The number of para-hydroxylation sites is 2. The molecule has 0 radical (unpaired) electrons. The standard InChI is InChI=1S/C49H32N4O/c1-4-15-35(16-5-1)47-50-48(36-17-6-2-7-18-36)52-49(51-47)43-31-38(32-45-46(43)42-22-12-13-23-44(42)54-45)34-24-27-40(28-25-34)53(39-20-8-3-9-21-39)41-29-26-33-14-10-11-19-37(33)30-41/h1-32H/i3D,8D,9D,10D,11D,12D,13D,14D,19D,20D,21D,22D,23D,24D,25D,26D,27D,28D,29D,30D,31D,32D. The molecule has 0 aliphatic carbocycles. The number of fused-ring (bicyclic) bond motifs is 4. The van der Waals surface area contributed by atoms with E-state index in [1.165, 1.54) is 0 Å². The lowest BCUT2D eigenvalue weighted by molar-refractivity contribution is 0.669. The van der Waals surface area contributed by atoms with Gasteiger partial charge in [-0.25, -0.2) is 15.0 Å². The molecule has 0 aliphatic rings. The Morgan fingerprint density at radius 2 is 1.02 bits per heavy atom. The second kappa shape index (κ2) is 13.3. The lowest BCUT2D eigenvalue weighted by Gasteiger charge is -2.26. The average molecular weight is 715 g/mol. The van der Waals surface area contributed by atoms with Gasteiger partial charge in [0.15, 0.2) is 17.5 Å². The number of hydrogen-bond acceptors (Lipinski definition) is 5. The molecule has 0 saturated carbocycles. The van der Waals surface area contributed by atoms with Gasteiger partial charge in [0.2, 0.25) is 0 Å². The van der Waals surface area contributed by atoms with E-state index in [0.717, 1.165) is 0 Å². The minimum atomic E-state index is -1.13. The maximum absolute atomic E-state index is 10.0. The van der Waals surface area contributed by atoms with Gasteiger partial charge in [0.1, 0.15) is 11.2 Å². The summed E-state index contributed by atoms with van der Waals surface area (Å²) in [5.41, 5.74) is -4.76. The Bertz CT molecular complexity index is 4100. The largest absolute Gasteiger partial charge is 0.456 e. The molecule has 254 valence electrons. The summed E-state index contributed by atoms with van der Waals surface area (Å²) in [5, 5.41) is -1.80. The second-order valence-electron chi connectivity index (χ2n) is 11.6. The van der Waals surface area contributed by atoms with Crippen LogP contribution in [0, 0.1) is 0 Å². The van der Waals surface area contributed by atoms with Crippen molar-refractivity contribution in [1.29, 1.82) is 0 Å². The third-order valence-corrected chi connectivity index (χ3v) is 8.25. The molecule has 10 aromatic rings. The van der Waals surface area contributed by atoms with Crippen molar-refractivity contribution >= 4 is 49.8 Å². The first kappa shape index (κ1) is 16.1. The fourth-order valence-corrected chi connectivity index (χ4v) is 5.81. The summed E-state index contributed by atoms with van der Waals surface area (Å²) in [6.45, 7) is 0. The van der Waals surface area contributed by atoms with Gasteiger partial charge >= 0.3 is 0 Å². The van der Waals surface area contributed by atoms with E-state index in [9.17, 15) is 11.0 Å². The Morgan fingerprint density at radius 3 is 1.74 bits per heavy atom. The van der Waals surface area contributed by atoms with Crippen LogP contribution in [-0.4, -0.2) is 15.0 Å². The molecule has 0 amide bonds. The number of furan rings is 1.